The van der Waals surface area contributed by atoms with E-state index in [0.29, 0.717) is 17.6 Å². The minimum atomic E-state index is -0.862. The van der Waals surface area contributed by atoms with Crippen LogP contribution in [0.15, 0.2) is 54.7 Å². The van der Waals surface area contributed by atoms with E-state index in [9.17, 15) is 13.6 Å². The van der Waals surface area contributed by atoms with Gasteiger partial charge in [-0.25, -0.2) is 18.7 Å². The number of anilines is 2. The molecule has 0 atom stereocenters. The number of carbonyl (C=O) groups is 1. The molecular formula is C19H15ClF2N4O. The zero-order valence-corrected chi connectivity index (χ0v) is 14.8. The number of nitrogens with zero attached hydrogens (tertiary/aromatic N) is 2. The topological polar surface area (TPSA) is 66.9 Å². The molecule has 0 aliphatic rings. The van der Waals surface area contributed by atoms with E-state index in [1.165, 1.54) is 12.3 Å². The van der Waals surface area contributed by atoms with Gasteiger partial charge in [0.1, 0.15) is 17.3 Å². The van der Waals surface area contributed by atoms with Crippen LogP contribution >= 0.6 is 11.6 Å². The predicted octanol–water partition coefficient (Wildman–Crippen LogP) is 4.32. The molecule has 0 unspecified atom stereocenters. The SMILES string of the molecule is O=C(Nc1ccc(F)cc1F)c1ccnc(NCCc2ccc(Cl)cc2)n1. The lowest BCUT2D eigenvalue weighted by Crippen LogP contribution is -2.16. The van der Waals surface area contributed by atoms with Gasteiger partial charge in [-0.1, -0.05) is 23.7 Å². The summed E-state index contributed by atoms with van der Waals surface area (Å²) in [5.41, 5.74) is 1.02. The lowest BCUT2D eigenvalue weighted by atomic mass is 10.1. The van der Waals surface area contributed by atoms with Gasteiger partial charge in [0.15, 0.2) is 0 Å². The van der Waals surface area contributed by atoms with Gasteiger partial charge in [0.25, 0.3) is 5.91 Å². The second-order valence-electron chi connectivity index (χ2n) is 5.65. The molecule has 27 heavy (non-hydrogen) atoms. The fourth-order valence-corrected chi connectivity index (χ4v) is 2.44. The van der Waals surface area contributed by atoms with E-state index in [4.69, 9.17) is 11.6 Å². The smallest absolute Gasteiger partial charge is 0.274 e. The fourth-order valence-electron chi connectivity index (χ4n) is 2.32. The summed E-state index contributed by atoms with van der Waals surface area (Å²) in [7, 11) is 0. The van der Waals surface area contributed by atoms with Gasteiger partial charge in [-0.15, -0.1) is 0 Å². The Balaban J connectivity index is 1.60. The third kappa shape index (κ3) is 5.21. The lowest BCUT2D eigenvalue weighted by molar-refractivity contribution is 0.102. The van der Waals surface area contributed by atoms with Crippen molar-refractivity contribution in [2.24, 2.45) is 0 Å². The van der Waals surface area contributed by atoms with Gasteiger partial charge in [0.2, 0.25) is 5.95 Å². The lowest BCUT2D eigenvalue weighted by Gasteiger charge is -2.08. The highest BCUT2D eigenvalue weighted by atomic mass is 35.5. The van der Waals surface area contributed by atoms with Crippen LogP contribution in [0.25, 0.3) is 0 Å². The van der Waals surface area contributed by atoms with E-state index in [-0.39, 0.29) is 17.3 Å². The highest BCUT2D eigenvalue weighted by Crippen LogP contribution is 2.16. The van der Waals surface area contributed by atoms with Crippen LogP contribution in [0.1, 0.15) is 16.1 Å². The van der Waals surface area contributed by atoms with Gasteiger partial charge >= 0.3 is 0 Å². The molecule has 0 fully saturated rings. The molecule has 0 radical (unpaired) electrons. The second-order valence-corrected chi connectivity index (χ2v) is 6.08. The van der Waals surface area contributed by atoms with Gasteiger partial charge < -0.3 is 10.6 Å². The number of carbonyl (C=O) groups excluding carboxylic acids is 1. The van der Waals surface area contributed by atoms with Crippen molar-refractivity contribution in [2.75, 3.05) is 17.2 Å². The van der Waals surface area contributed by atoms with E-state index in [2.05, 4.69) is 20.6 Å². The maximum Gasteiger partial charge on any atom is 0.274 e. The number of hydrogen-bond donors (Lipinski definition) is 2. The Bertz CT molecular complexity index is 951. The van der Waals surface area contributed by atoms with Gasteiger partial charge in [-0.3, -0.25) is 4.79 Å². The summed E-state index contributed by atoms with van der Waals surface area (Å²) in [6.07, 6.45) is 2.14. The molecule has 1 amide bonds. The van der Waals surface area contributed by atoms with E-state index >= 15 is 0 Å². The van der Waals surface area contributed by atoms with Gasteiger partial charge in [-0.05, 0) is 42.3 Å². The second kappa shape index (κ2) is 8.55. The zero-order chi connectivity index (χ0) is 19.2. The molecule has 3 aromatic rings. The van der Waals surface area contributed by atoms with Crippen molar-refractivity contribution in [1.29, 1.82) is 0 Å². The molecule has 8 heteroatoms. The molecule has 1 aromatic heterocycles. The Morgan fingerprint density at radius 3 is 2.59 bits per heavy atom. The summed E-state index contributed by atoms with van der Waals surface area (Å²) in [6.45, 7) is 0.555. The number of amides is 1. The average molecular weight is 389 g/mol. The normalized spacial score (nSPS) is 10.5. The minimum absolute atomic E-state index is 0.0581. The molecule has 3 rings (SSSR count). The Morgan fingerprint density at radius 1 is 1.07 bits per heavy atom. The Hall–Kier alpha value is -3.06. The predicted molar refractivity (Wildman–Crippen MR) is 100.0 cm³/mol. The summed E-state index contributed by atoms with van der Waals surface area (Å²) in [5, 5.41) is 6.06. The van der Waals surface area contributed by atoms with Crippen molar-refractivity contribution >= 4 is 29.1 Å². The van der Waals surface area contributed by atoms with Crippen LogP contribution in [-0.4, -0.2) is 22.4 Å². The molecule has 0 bridgehead atoms. The number of nitrogens with one attached hydrogen (secondary N) is 2. The van der Waals surface area contributed by atoms with E-state index in [1.807, 2.05) is 24.3 Å². The molecule has 0 saturated carbocycles. The average Bonchev–Trinajstić information content (AvgIpc) is 2.66. The van der Waals surface area contributed by atoms with Crippen LogP contribution in [0, 0.1) is 11.6 Å². The number of benzene rings is 2. The monoisotopic (exact) mass is 388 g/mol. The number of rotatable bonds is 6. The first-order valence-electron chi connectivity index (χ1n) is 8.09. The summed E-state index contributed by atoms with van der Waals surface area (Å²) < 4.78 is 26.6. The van der Waals surface area contributed by atoms with Crippen LogP contribution in [-0.2, 0) is 6.42 Å². The molecule has 2 N–H and O–H groups in total. The van der Waals surface area contributed by atoms with Gasteiger partial charge in [0.05, 0.1) is 5.69 Å². The Labute approximate surface area is 159 Å². The van der Waals surface area contributed by atoms with Crippen LogP contribution in [0.3, 0.4) is 0 Å². The quantitative estimate of drug-likeness (QED) is 0.660. The number of halogens is 3. The summed E-state index contributed by atoms with van der Waals surface area (Å²) in [4.78, 5) is 20.4. The fraction of sp³-hybridized carbons (Fsp3) is 0.105. The molecule has 138 valence electrons. The minimum Gasteiger partial charge on any atom is -0.354 e. The molecule has 2 aromatic carbocycles. The first-order valence-corrected chi connectivity index (χ1v) is 8.47. The summed E-state index contributed by atoms with van der Waals surface area (Å²) >= 11 is 5.85. The molecular weight excluding hydrogens is 374 g/mol. The molecule has 0 saturated heterocycles. The maximum absolute atomic E-state index is 13.7. The van der Waals surface area contributed by atoms with Gasteiger partial charge in [0, 0.05) is 23.8 Å². The molecule has 0 spiro atoms. The summed E-state index contributed by atoms with van der Waals surface area (Å²) in [5.74, 6) is -1.93. The summed E-state index contributed by atoms with van der Waals surface area (Å²) in [6, 6.07) is 11.8. The van der Waals surface area contributed by atoms with Gasteiger partial charge in [-0.2, -0.15) is 0 Å². The highest BCUT2D eigenvalue weighted by molar-refractivity contribution is 6.30. The van der Waals surface area contributed by atoms with Crippen LogP contribution < -0.4 is 10.6 Å². The largest absolute Gasteiger partial charge is 0.354 e. The first-order chi connectivity index (χ1) is 13.0. The molecule has 1 heterocycles. The first kappa shape index (κ1) is 18.7. The standard InChI is InChI=1S/C19H15ClF2N4O/c20-13-3-1-12(2-4-13)7-9-23-19-24-10-8-17(26-19)18(27)25-16-6-5-14(21)11-15(16)22/h1-6,8,10-11H,7,9H2,(H,25,27)(H,23,24,26). The third-order valence-electron chi connectivity index (χ3n) is 3.68. The Morgan fingerprint density at radius 2 is 1.85 bits per heavy atom. The zero-order valence-electron chi connectivity index (χ0n) is 14.0. The third-order valence-corrected chi connectivity index (χ3v) is 3.93. The van der Waals surface area contributed by atoms with Crippen LogP contribution in [0.5, 0.6) is 0 Å². The van der Waals surface area contributed by atoms with Crippen LogP contribution in [0.4, 0.5) is 20.4 Å². The van der Waals surface area contributed by atoms with E-state index in [1.54, 1.807) is 0 Å². The Kier molecular flexibility index (Phi) is 5.93. The van der Waals surface area contributed by atoms with Crippen molar-refractivity contribution in [3.05, 3.63) is 82.6 Å². The maximum atomic E-state index is 13.7. The van der Waals surface area contributed by atoms with E-state index in [0.717, 1.165) is 24.1 Å². The van der Waals surface area contributed by atoms with Crippen molar-refractivity contribution in [3.63, 3.8) is 0 Å². The number of aromatic nitrogens is 2. The molecule has 0 aliphatic heterocycles. The van der Waals surface area contributed by atoms with Crippen molar-refractivity contribution in [2.45, 2.75) is 6.42 Å². The highest BCUT2D eigenvalue weighted by Gasteiger charge is 2.12. The van der Waals surface area contributed by atoms with Crippen molar-refractivity contribution in [1.82, 2.24) is 9.97 Å². The number of hydrogen-bond acceptors (Lipinski definition) is 4. The van der Waals surface area contributed by atoms with E-state index < -0.39 is 17.5 Å². The molecule has 5 nitrogen and oxygen atoms in total. The van der Waals surface area contributed by atoms with Crippen molar-refractivity contribution in [3.8, 4) is 0 Å². The molecule has 0 aliphatic carbocycles. The van der Waals surface area contributed by atoms with Crippen LogP contribution in [0.2, 0.25) is 5.02 Å². The van der Waals surface area contributed by atoms with Crippen molar-refractivity contribution < 1.29 is 13.6 Å².